The van der Waals surface area contributed by atoms with Crippen molar-refractivity contribution in [1.29, 1.82) is 0 Å². The predicted octanol–water partition coefficient (Wildman–Crippen LogP) is 4.03. The normalized spacial score (nSPS) is 12.2. The molecule has 0 saturated carbocycles. The molecule has 0 aromatic heterocycles. The molecule has 0 aliphatic carbocycles. The van der Waals surface area contributed by atoms with Crippen LogP contribution in [0.15, 0.2) is 42.5 Å². The van der Waals surface area contributed by atoms with E-state index in [2.05, 4.69) is 22.6 Å². The first-order valence-electron chi connectivity index (χ1n) is 5.39. The van der Waals surface area contributed by atoms with Gasteiger partial charge in [0.25, 0.3) is 0 Å². The first kappa shape index (κ1) is 13.6. The first-order valence-corrected chi connectivity index (χ1v) is 6.85. The topological polar surface area (TPSA) is 29.5 Å². The summed E-state index contributed by atoms with van der Waals surface area (Å²) in [6, 6.07) is 12.9. The minimum Gasteiger partial charge on any atom is -0.496 e. The molecule has 2 aromatic carbocycles. The number of hydrogen-bond donors (Lipinski definition) is 1. The summed E-state index contributed by atoms with van der Waals surface area (Å²) in [7, 11) is 1.59. The van der Waals surface area contributed by atoms with E-state index in [-0.39, 0.29) is 0 Å². The maximum absolute atomic E-state index is 10.4. The Balaban J connectivity index is 2.41. The largest absolute Gasteiger partial charge is 0.496 e. The molecule has 0 amide bonds. The first-order chi connectivity index (χ1) is 8.63. The van der Waals surface area contributed by atoms with E-state index in [4.69, 9.17) is 16.3 Å². The van der Waals surface area contributed by atoms with Crippen molar-refractivity contribution in [1.82, 2.24) is 0 Å². The fourth-order valence-electron chi connectivity index (χ4n) is 1.75. The summed E-state index contributed by atoms with van der Waals surface area (Å²) in [6.07, 6.45) is -0.740. The van der Waals surface area contributed by atoms with Gasteiger partial charge in [-0.05, 0) is 46.4 Å². The minimum absolute atomic E-state index is 0.641. The molecule has 94 valence electrons. The van der Waals surface area contributed by atoms with Crippen LogP contribution in [0, 0.1) is 3.57 Å². The van der Waals surface area contributed by atoms with Crippen molar-refractivity contribution in [2.75, 3.05) is 7.11 Å². The molecule has 2 aromatic rings. The number of rotatable bonds is 3. The molecule has 18 heavy (non-hydrogen) atoms. The lowest BCUT2D eigenvalue weighted by molar-refractivity contribution is 0.214. The molecule has 1 atom stereocenters. The van der Waals surface area contributed by atoms with E-state index >= 15 is 0 Å². The fraction of sp³-hybridized carbons (Fsp3) is 0.143. The monoisotopic (exact) mass is 374 g/mol. The quantitative estimate of drug-likeness (QED) is 0.822. The second kappa shape index (κ2) is 5.91. The zero-order chi connectivity index (χ0) is 13.1. The highest BCUT2D eigenvalue weighted by molar-refractivity contribution is 14.1. The summed E-state index contributed by atoms with van der Waals surface area (Å²) in [5.74, 6) is 0.666. The lowest BCUT2D eigenvalue weighted by atomic mass is 10.0. The van der Waals surface area contributed by atoms with Gasteiger partial charge < -0.3 is 9.84 Å². The van der Waals surface area contributed by atoms with Crippen LogP contribution in [-0.2, 0) is 0 Å². The van der Waals surface area contributed by atoms with Crippen LogP contribution in [0.5, 0.6) is 5.75 Å². The summed E-state index contributed by atoms with van der Waals surface area (Å²) in [6.45, 7) is 0. The number of aliphatic hydroxyl groups is 1. The van der Waals surface area contributed by atoms with Crippen LogP contribution in [-0.4, -0.2) is 12.2 Å². The number of halogens is 2. The van der Waals surface area contributed by atoms with Gasteiger partial charge in [-0.25, -0.2) is 0 Å². The molecular formula is C14H12ClIO2. The van der Waals surface area contributed by atoms with Crippen LogP contribution in [0.1, 0.15) is 17.2 Å². The number of aliphatic hydroxyl groups excluding tert-OH is 1. The van der Waals surface area contributed by atoms with E-state index in [9.17, 15) is 5.11 Å². The molecule has 2 nitrogen and oxygen atoms in total. The van der Waals surface area contributed by atoms with Gasteiger partial charge in [0.05, 0.1) is 12.1 Å². The van der Waals surface area contributed by atoms with Gasteiger partial charge in [0.15, 0.2) is 0 Å². The molecular weight excluding hydrogens is 363 g/mol. The van der Waals surface area contributed by atoms with Gasteiger partial charge in [-0.2, -0.15) is 0 Å². The van der Waals surface area contributed by atoms with Crippen molar-refractivity contribution in [3.8, 4) is 5.75 Å². The molecule has 0 saturated heterocycles. The molecule has 1 N–H and O–H groups in total. The van der Waals surface area contributed by atoms with E-state index < -0.39 is 6.10 Å². The SMILES string of the molecule is COc1ccccc1C(O)c1ccc(I)c(Cl)c1. The summed E-state index contributed by atoms with van der Waals surface area (Å²) in [5.41, 5.74) is 1.49. The third-order valence-corrected chi connectivity index (χ3v) is 4.27. The van der Waals surface area contributed by atoms with Crippen molar-refractivity contribution in [2.24, 2.45) is 0 Å². The molecule has 0 aliphatic rings. The molecule has 0 radical (unpaired) electrons. The molecule has 1 unspecified atom stereocenters. The Hall–Kier alpha value is -0.780. The Labute approximate surface area is 125 Å². The number of benzene rings is 2. The average Bonchev–Trinajstić information content (AvgIpc) is 2.41. The Morgan fingerprint density at radius 3 is 2.61 bits per heavy atom. The summed E-state index contributed by atoms with van der Waals surface area (Å²) >= 11 is 8.22. The van der Waals surface area contributed by atoms with Crippen molar-refractivity contribution in [3.63, 3.8) is 0 Å². The summed E-state index contributed by atoms with van der Waals surface area (Å²) < 4.78 is 6.21. The number of ether oxygens (including phenoxy) is 1. The van der Waals surface area contributed by atoms with E-state index in [1.165, 1.54) is 0 Å². The van der Waals surface area contributed by atoms with Crippen LogP contribution in [0.4, 0.5) is 0 Å². The van der Waals surface area contributed by atoms with E-state index in [1.807, 2.05) is 36.4 Å². The van der Waals surface area contributed by atoms with Gasteiger partial charge in [-0.1, -0.05) is 35.9 Å². The lowest BCUT2D eigenvalue weighted by Gasteiger charge is -2.15. The maximum Gasteiger partial charge on any atom is 0.125 e. The Kier molecular flexibility index (Phi) is 4.48. The standard InChI is InChI=1S/C14H12ClIO2/c1-18-13-5-3-2-4-10(13)14(17)9-6-7-12(16)11(15)8-9/h2-8,14,17H,1H3. The molecule has 0 fully saturated rings. The minimum atomic E-state index is -0.740. The van der Waals surface area contributed by atoms with E-state index in [0.29, 0.717) is 10.8 Å². The van der Waals surface area contributed by atoms with Crippen molar-refractivity contribution >= 4 is 34.2 Å². The van der Waals surface area contributed by atoms with Gasteiger partial charge >= 0.3 is 0 Å². The van der Waals surface area contributed by atoms with Crippen LogP contribution in [0.25, 0.3) is 0 Å². The molecule has 0 bridgehead atoms. The zero-order valence-corrected chi connectivity index (χ0v) is 12.6. The summed E-state index contributed by atoms with van der Waals surface area (Å²) in [5, 5.41) is 11.0. The van der Waals surface area contributed by atoms with Gasteiger partial charge in [0, 0.05) is 9.13 Å². The van der Waals surface area contributed by atoms with E-state index in [0.717, 1.165) is 14.7 Å². The second-order valence-corrected chi connectivity index (χ2v) is 5.39. The molecule has 0 spiro atoms. The second-order valence-electron chi connectivity index (χ2n) is 3.82. The van der Waals surface area contributed by atoms with Crippen molar-refractivity contribution < 1.29 is 9.84 Å². The van der Waals surface area contributed by atoms with Crippen LogP contribution in [0.2, 0.25) is 5.02 Å². The van der Waals surface area contributed by atoms with Gasteiger partial charge in [0.2, 0.25) is 0 Å². The van der Waals surface area contributed by atoms with Gasteiger partial charge in [-0.3, -0.25) is 0 Å². The highest BCUT2D eigenvalue weighted by atomic mass is 127. The van der Waals surface area contributed by atoms with Crippen LogP contribution < -0.4 is 4.74 Å². The maximum atomic E-state index is 10.4. The van der Waals surface area contributed by atoms with Crippen molar-refractivity contribution in [3.05, 3.63) is 62.2 Å². The van der Waals surface area contributed by atoms with Crippen LogP contribution in [0.3, 0.4) is 0 Å². The molecule has 0 heterocycles. The lowest BCUT2D eigenvalue weighted by Crippen LogP contribution is -2.02. The van der Waals surface area contributed by atoms with E-state index in [1.54, 1.807) is 13.2 Å². The predicted molar refractivity (Wildman–Crippen MR) is 81.2 cm³/mol. The molecule has 0 aliphatic heterocycles. The number of methoxy groups -OCH3 is 1. The third kappa shape index (κ3) is 2.79. The van der Waals surface area contributed by atoms with Crippen LogP contribution >= 0.6 is 34.2 Å². The third-order valence-electron chi connectivity index (χ3n) is 2.69. The van der Waals surface area contributed by atoms with Gasteiger partial charge in [0.1, 0.15) is 11.9 Å². The number of para-hydroxylation sites is 1. The highest BCUT2D eigenvalue weighted by Crippen LogP contribution is 2.31. The Morgan fingerprint density at radius 2 is 1.94 bits per heavy atom. The zero-order valence-electron chi connectivity index (χ0n) is 9.73. The molecule has 4 heteroatoms. The average molecular weight is 375 g/mol. The summed E-state index contributed by atoms with van der Waals surface area (Å²) in [4.78, 5) is 0. The number of hydrogen-bond acceptors (Lipinski definition) is 2. The highest BCUT2D eigenvalue weighted by Gasteiger charge is 2.15. The smallest absolute Gasteiger partial charge is 0.125 e. The Bertz CT molecular complexity index is 557. The van der Waals surface area contributed by atoms with Crippen molar-refractivity contribution in [2.45, 2.75) is 6.10 Å². The molecule has 2 rings (SSSR count). The Morgan fingerprint density at radius 1 is 1.22 bits per heavy atom. The fourth-order valence-corrected chi connectivity index (χ4v) is 2.28. The van der Waals surface area contributed by atoms with Gasteiger partial charge in [-0.15, -0.1) is 0 Å².